The predicted octanol–water partition coefficient (Wildman–Crippen LogP) is 3.81. The summed E-state index contributed by atoms with van der Waals surface area (Å²) in [6.07, 6.45) is 2.36. The fraction of sp³-hybridized carbons (Fsp3) is 0.647. The molecule has 4 heteroatoms. The van der Waals surface area contributed by atoms with Gasteiger partial charge in [0.2, 0.25) is 0 Å². The highest BCUT2D eigenvalue weighted by atomic mass is 79.9. The number of halogens is 1. The quantitative estimate of drug-likeness (QED) is 0.840. The van der Waals surface area contributed by atoms with Gasteiger partial charge in [0.15, 0.2) is 0 Å². The minimum Gasteiger partial charge on any atom is -0.381 e. The summed E-state index contributed by atoms with van der Waals surface area (Å²) in [7, 11) is 2.18. The third-order valence-electron chi connectivity index (χ3n) is 4.01. The van der Waals surface area contributed by atoms with Gasteiger partial charge in [-0.25, -0.2) is 0 Å². The molecular weight excluding hydrogens is 328 g/mol. The molecule has 0 amide bonds. The molecule has 0 radical (unpaired) electrons. The lowest BCUT2D eigenvalue weighted by atomic mass is 9.99. The van der Waals surface area contributed by atoms with Crippen LogP contribution in [0.25, 0.3) is 0 Å². The molecule has 21 heavy (non-hydrogen) atoms. The van der Waals surface area contributed by atoms with Crippen LogP contribution in [0.5, 0.6) is 0 Å². The van der Waals surface area contributed by atoms with E-state index in [1.165, 1.54) is 28.6 Å². The van der Waals surface area contributed by atoms with E-state index in [0.717, 1.165) is 32.2 Å². The molecule has 1 fully saturated rings. The van der Waals surface area contributed by atoms with E-state index < -0.39 is 0 Å². The van der Waals surface area contributed by atoms with Crippen molar-refractivity contribution in [2.45, 2.75) is 39.3 Å². The van der Waals surface area contributed by atoms with E-state index in [4.69, 9.17) is 4.74 Å². The van der Waals surface area contributed by atoms with E-state index in [1.54, 1.807) is 0 Å². The predicted molar refractivity (Wildman–Crippen MR) is 92.9 cm³/mol. The summed E-state index contributed by atoms with van der Waals surface area (Å²) in [6, 6.07) is 7.18. The average molecular weight is 355 g/mol. The van der Waals surface area contributed by atoms with Crippen LogP contribution in [0.15, 0.2) is 22.7 Å². The second-order valence-corrected chi connectivity index (χ2v) is 7.11. The number of nitrogens with zero attached hydrogens (tertiary/aromatic N) is 1. The molecule has 0 aromatic heterocycles. The van der Waals surface area contributed by atoms with Gasteiger partial charge in [0.1, 0.15) is 0 Å². The molecule has 2 rings (SSSR count). The molecule has 0 atom stereocenters. The van der Waals surface area contributed by atoms with Crippen LogP contribution < -0.4 is 10.2 Å². The van der Waals surface area contributed by atoms with Gasteiger partial charge < -0.3 is 15.0 Å². The maximum atomic E-state index is 5.44. The maximum Gasteiger partial charge on any atom is 0.0508 e. The monoisotopic (exact) mass is 354 g/mol. The Kier molecular flexibility index (Phi) is 6.52. The molecule has 1 aliphatic rings. The normalized spacial score (nSPS) is 16.4. The van der Waals surface area contributed by atoms with Gasteiger partial charge in [-0.3, -0.25) is 0 Å². The number of benzene rings is 1. The maximum absolute atomic E-state index is 5.44. The van der Waals surface area contributed by atoms with E-state index in [-0.39, 0.29) is 0 Å². The van der Waals surface area contributed by atoms with Crippen molar-refractivity contribution in [2.24, 2.45) is 5.92 Å². The molecule has 3 nitrogen and oxygen atoms in total. The molecule has 0 spiro atoms. The molecule has 1 saturated heterocycles. The van der Waals surface area contributed by atoms with Gasteiger partial charge in [0.05, 0.1) is 5.69 Å². The molecule has 0 saturated carbocycles. The van der Waals surface area contributed by atoms with Crippen LogP contribution in [0.3, 0.4) is 0 Å². The fourth-order valence-electron chi connectivity index (χ4n) is 2.71. The van der Waals surface area contributed by atoms with Gasteiger partial charge in [-0.2, -0.15) is 0 Å². The van der Waals surface area contributed by atoms with Gasteiger partial charge >= 0.3 is 0 Å². The van der Waals surface area contributed by atoms with Crippen molar-refractivity contribution in [1.29, 1.82) is 0 Å². The zero-order chi connectivity index (χ0) is 15.2. The van der Waals surface area contributed by atoms with Crippen LogP contribution in [0.1, 0.15) is 32.3 Å². The molecule has 118 valence electrons. The highest BCUT2D eigenvalue weighted by Crippen LogP contribution is 2.28. The lowest BCUT2D eigenvalue weighted by molar-refractivity contribution is 0.0685. The fourth-order valence-corrected chi connectivity index (χ4v) is 3.44. The number of anilines is 1. The van der Waals surface area contributed by atoms with Crippen LogP contribution in [0.4, 0.5) is 5.69 Å². The van der Waals surface area contributed by atoms with E-state index in [9.17, 15) is 0 Å². The summed E-state index contributed by atoms with van der Waals surface area (Å²) in [5.41, 5.74) is 2.59. The number of hydrogen-bond acceptors (Lipinski definition) is 3. The van der Waals surface area contributed by atoms with Crippen LogP contribution in [0.2, 0.25) is 0 Å². The van der Waals surface area contributed by atoms with E-state index in [2.05, 4.69) is 65.2 Å². The topological polar surface area (TPSA) is 24.5 Å². The second-order valence-electron chi connectivity index (χ2n) is 6.26. The van der Waals surface area contributed by atoms with Gasteiger partial charge in [0.25, 0.3) is 0 Å². The van der Waals surface area contributed by atoms with Crippen molar-refractivity contribution < 1.29 is 4.74 Å². The first kappa shape index (κ1) is 16.8. The minimum absolute atomic E-state index is 0.514. The van der Waals surface area contributed by atoms with Gasteiger partial charge in [-0.05, 0) is 52.4 Å². The molecule has 0 bridgehead atoms. The van der Waals surface area contributed by atoms with Gasteiger partial charge in [0, 0.05) is 43.9 Å². The largest absolute Gasteiger partial charge is 0.381 e. The summed E-state index contributed by atoms with van der Waals surface area (Å²) < 4.78 is 6.62. The SMILES string of the molecule is CC(C)NCc1ccc(N(C)CC2CCOCC2)c(Br)c1. The lowest BCUT2D eigenvalue weighted by Gasteiger charge is -2.29. The zero-order valence-electron chi connectivity index (χ0n) is 13.4. The van der Waals surface area contributed by atoms with Crippen LogP contribution in [0, 0.1) is 5.92 Å². The molecule has 1 aliphatic heterocycles. The molecule has 1 aromatic carbocycles. The van der Waals surface area contributed by atoms with Crippen molar-refractivity contribution in [1.82, 2.24) is 5.32 Å². The number of ether oxygens (including phenoxy) is 1. The summed E-state index contributed by atoms with van der Waals surface area (Å²) >= 11 is 3.73. The lowest BCUT2D eigenvalue weighted by Crippen LogP contribution is -2.29. The zero-order valence-corrected chi connectivity index (χ0v) is 14.9. The Bertz CT molecular complexity index is 444. The molecular formula is C17H27BrN2O. The Morgan fingerprint density at radius 3 is 2.67 bits per heavy atom. The third-order valence-corrected chi connectivity index (χ3v) is 4.65. The number of nitrogens with one attached hydrogen (secondary N) is 1. The Balaban J connectivity index is 1.95. The van der Waals surface area contributed by atoms with Gasteiger partial charge in [-0.15, -0.1) is 0 Å². The molecule has 1 aromatic rings. The Labute approximate surface area is 137 Å². The summed E-state index contributed by atoms with van der Waals surface area (Å²) in [5.74, 6) is 0.748. The highest BCUT2D eigenvalue weighted by Gasteiger charge is 2.17. The van der Waals surface area contributed by atoms with Crippen molar-refractivity contribution in [3.63, 3.8) is 0 Å². The van der Waals surface area contributed by atoms with Crippen molar-refractivity contribution in [2.75, 3.05) is 31.7 Å². The van der Waals surface area contributed by atoms with Crippen LogP contribution in [-0.2, 0) is 11.3 Å². The second kappa shape index (κ2) is 8.16. The van der Waals surface area contributed by atoms with E-state index >= 15 is 0 Å². The van der Waals surface area contributed by atoms with Crippen molar-refractivity contribution in [3.8, 4) is 0 Å². The summed E-state index contributed by atoms with van der Waals surface area (Å²) in [6.45, 7) is 8.20. The van der Waals surface area contributed by atoms with Crippen molar-refractivity contribution in [3.05, 3.63) is 28.2 Å². The molecule has 1 N–H and O–H groups in total. The molecule has 0 aliphatic carbocycles. The van der Waals surface area contributed by atoms with Crippen molar-refractivity contribution >= 4 is 21.6 Å². The van der Waals surface area contributed by atoms with E-state index in [1.807, 2.05) is 0 Å². The smallest absolute Gasteiger partial charge is 0.0508 e. The van der Waals surface area contributed by atoms with Gasteiger partial charge in [-0.1, -0.05) is 19.9 Å². The Morgan fingerprint density at radius 1 is 1.33 bits per heavy atom. The van der Waals surface area contributed by atoms with Crippen LogP contribution >= 0.6 is 15.9 Å². The minimum atomic E-state index is 0.514. The van der Waals surface area contributed by atoms with E-state index in [0.29, 0.717) is 6.04 Å². The average Bonchev–Trinajstić information content (AvgIpc) is 2.46. The van der Waals surface area contributed by atoms with Crippen LogP contribution in [-0.4, -0.2) is 32.8 Å². The standard InChI is InChI=1S/C17H27BrN2O/c1-13(2)19-11-15-4-5-17(16(18)10-15)20(3)12-14-6-8-21-9-7-14/h4-5,10,13-14,19H,6-9,11-12H2,1-3H3. The summed E-state index contributed by atoms with van der Waals surface area (Å²) in [5, 5.41) is 3.46. The number of rotatable bonds is 6. The first-order valence-corrected chi connectivity index (χ1v) is 8.66. The molecule has 0 unspecified atom stereocenters. The Morgan fingerprint density at radius 2 is 2.05 bits per heavy atom. The first-order chi connectivity index (χ1) is 10.1. The highest BCUT2D eigenvalue weighted by molar-refractivity contribution is 9.10. The number of hydrogen-bond donors (Lipinski definition) is 1. The third kappa shape index (κ3) is 5.28. The molecule has 1 heterocycles. The summed E-state index contributed by atoms with van der Waals surface area (Å²) in [4.78, 5) is 2.36. The first-order valence-electron chi connectivity index (χ1n) is 7.87. The Hall–Kier alpha value is -0.580.